The van der Waals surface area contributed by atoms with Gasteiger partial charge in [-0.1, -0.05) is 0 Å². The molecule has 5 aliphatic rings. The van der Waals surface area contributed by atoms with Crippen LogP contribution >= 0.6 is 11.8 Å². The van der Waals surface area contributed by atoms with Gasteiger partial charge in [-0.25, -0.2) is 4.98 Å². The van der Waals surface area contributed by atoms with Crippen molar-refractivity contribution in [2.24, 2.45) is 29.6 Å². The maximum atomic E-state index is 13.1. The lowest BCUT2D eigenvalue weighted by Crippen LogP contribution is -2.55. The molecule has 1 aliphatic heterocycles. The van der Waals surface area contributed by atoms with Crippen LogP contribution in [0.25, 0.3) is 0 Å². The number of carbonyl (C=O) groups excluding carboxylic acids is 1. The summed E-state index contributed by atoms with van der Waals surface area (Å²) in [6, 6.07) is 4.06. The molecule has 4 saturated carbocycles. The summed E-state index contributed by atoms with van der Waals surface area (Å²) in [5.74, 6) is 2.76. The number of carboxylic acids is 1. The van der Waals surface area contributed by atoms with E-state index < -0.39 is 5.97 Å². The predicted octanol–water partition coefficient (Wildman–Crippen LogP) is 3.27. The van der Waals surface area contributed by atoms with Gasteiger partial charge < -0.3 is 15.3 Å². The van der Waals surface area contributed by atoms with Gasteiger partial charge in [-0.05, 0) is 80.6 Å². The number of thioether (sulfide) groups is 1. The van der Waals surface area contributed by atoms with E-state index >= 15 is 0 Å². The molecule has 0 unspecified atom stereocenters. The number of nitrogens with one attached hydrogen (secondary N) is 1. The monoisotopic (exact) mass is 415 g/mol. The van der Waals surface area contributed by atoms with Crippen molar-refractivity contribution in [2.75, 3.05) is 24.2 Å². The minimum absolute atomic E-state index is 0.00397. The van der Waals surface area contributed by atoms with Crippen LogP contribution in [0.4, 0.5) is 5.82 Å². The Morgan fingerprint density at radius 3 is 2.41 bits per heavy atom. The van der Waals surface area contributed by atoms with Crippen molar-refractivity contribution >= 4 is 29.5 Å². The van der Waals surface area contributed by atoms with Gasteiger partial charge in [0.1, 0.15) is 10.8 Å². The molecule has 0 aromatic carbocycles. The minimum Gasteiger partial charge on any atom is -0.481 e. The van der Waals surface area contributed by atoms with Crippen molar-refractivity contribution in [2.45, 2.75) is 49.6 Å². The molecule has 1 atom stereocenters. The van der Waals surface area contributed by atoms with Crippen LogP contribution in [0.1, 0.15) is 48.9 Å². The number of hydrogen-bond donors (Lipinski definition) is 2. The van der Waals surface area contributed by atoms with E-state index in [1.54, 1.807) is 0 Å². The summed E-state index contributed by atoms with van der Waals surface area (Å²) < 4.78 is 0. The summed E-state index contributed by atoms with van der Waals surface area (Å²) in [5, 5.41) is 13.3. The van der Waals surface area contributed by atoms with Crippen LogP contribution in [-0.4, -0.2) is 47.4 Å². The Labute approximate surface area is 175 Å². The zero-order chi connectivity index (χ0) is 20.1. The molecule has 4 bridgehead atoms. The van der Waals surface area contributed by atoms with E-state index in [4.69, 9.17) is 4.98 Å². The maximum absolute atomic E-state index is 13.1. The Kier molecular flexibility index (Phi) is 4.96. The van der Waals surface area contributed by atoms with Crippen LogP contribution in [0.2, 0.25) is 0 Å². The van der Waals surface area contributed by atoms with Gasteiger partial charge in [-0.3, -0.25) is 9.59 Å². The molecule has 1 aromatic rings. The van der Waals surface area contributed by atoms with Gasteiger partial charge >= 0.3 is 5.97 Å². The highest BCUT2D eigenvalue weighted by atomic mass is 32.2. The van der Waals surface area contributed by atoms with Crippen molar-refractivity contribution in [1.82, 2.24) is 10.3 Å². The molecule has 29 heavy (non-hydrogen) atoms. The van der Waals surface area contributed by atoms with E-state index in [1.807, 2.05) is 23.3 Å². The van der Waals surface area contributed by atoms with Crippen molar-refractivity contribution < 1.29 is 14.7 Å². The Morgan fingerprint density at radius 2 is 1.83 bits per heavy atom. The van der Waals surface area contributed by atoms with Gasteiger partial charge in [0.05, 0.1) is 11.5 Å². The lowest BCUT2D eigenvalue weighted by atomic mass is 9.54. The Bertz CT molecular complexity index is 802. The molecular formula is C22H29N3O3S. The molecule has 2 heterocycles. The van der Waals surface area contributed by atoms with Gasteiger partial charge in [-0.15, -0.1) is 11.8 Å². The topological polar surface area (TPSA) is 82.5 Å². The molecule has 1 aromatic heterocycles. The number of carbonyl (C=O) groups is 2. The highest BCUT2D eigenvalue weighted by Crippen LogP contribution is 2.53. The average Bonchev–Trinajstić information content (AvgIpc) is 3.20. The molecule has 5 fully saturated rings. The Hall–Kier alpha value is -1.76. The van der Waals surface area contributed by atoms with Crippen LogP contribution in [0, 0.1) is 29.6 Å². The van der Waals surface area contributed by atoms with Gasteiger partial charge in [0, 0.05) is 19.1 Å². The average molecular weight is 416 g/mol. The molecule has 0 spiro atoms. The highest BCUT2D eigenvalue weighted by molar-refractivity contribution is 7.98. The molecular weight excluding hydrogens is 386 g/mol. The zero-order valence-corrected chi connectivity index (χ0v) is 17.7. The second kappa shape index (κ2) is 7.49. The fourth-order valence-electron chi connectivity index (χ4n) is 6.50. The fraction of sp³-hybridized carbons (Fsp3) is 0.682. The summed E-state index contributed by atoms with van der Waals surface area (Å²) in [5.41, 5.74) is 0.643. The first-order valence-electron chi connectivity index (χ1n) is 10.9. The first kappa shape index (κ1) is 19.2. The molecule has 4 aliphatic carbocycles. The lowest BCUT2D eigenvalue weighted by Gasteiger charge is -2.54. The number of amides is 1. The van der Waals surface area contributed by atoms with Crippen LogP contribution in [-0.2, 0) is 4.79 Å². The summed E-state index contributed by atoms with van der Waals surface area (Å²) in [7, 11) is 0. The first-order valence-corrected chi connectivity index (χ1v) is 12.1. The van der Waals surface area contributed by atoms with Crippen molar-refractivity contribution in [3.63, 3.8) is 0 Å². The number of aliphatic carboxylic acids is 1. The van der Waals surface area contributed by atoms with E-state index in [9.17, 15) is 14.7 Å². The van der Waals surface area contributed by atoms with Crippen LogP contribution in [0.5, 0.6) is 0 Å². The van der Waals surface area contributed by atoms with Gasteiger partial charge in [0.15, 0.2) is 0 Å². The zero-order valence-electron chi connectivity index (χ0n) is 16.8. The molecule has 1 amide bonds. The SMILES string of the molecule is CSc1nc(N2CC[C@@H](C(=O)O)C2)ccc1C(=O)NC1C2CC3CC(C2)CC1C3. The fourth-order valence-corrected chi connectivity index (χ4v) is 7.06. The molecule has 6 nitrogen and oxygen atoms in total. The van der Waals surface area contributed by atoms with Crippen LogP contribution < -0.4 is 10.2 Å². The molecule has 0 radical (unpaired) electrons. The highest BCUT2D eigenvalue weighted by Gasteiger charge is 2.48. The van der Waals surface area contributed by atoms with E-state index in [2.05, 4.69) is 5.32 Å². The Morgan fingerprint density at radius 1 is 1.14 bits per heavy atom. The molecule has 2 N–H and O–H groups in total. The summed E-state index contributed by atoms with van der Waals surface area (Å²) >= 11 is 1.48. The third kappa shape index (κ3) is 3.51. The van der Waals surface area contributed by atoms with Crippen LogP contribution in [0.15, 0.2) is 17.2 Å². The van der Waals surface area contributed by atoms with Gasteiger partial charge in [-0.2, -0.15) is 0 Å². The molecule has 7 heteroatoms. The third-order valence-electron chi connectivity index (χ3n) is 7.67. The van der Waals surface area contributed by atoms with E-state index in [1.165, 1.54) is 43.9 Å². The normalized spacial score (nSPS) is 35.1. The lowest BCUT2D eigenvalue weighted by molar-refractivity contribution is -0.140. The third-order valence-corrected chi connectivity index (χ3v) is 8.37. The number of pyridine rings is 1. The van der Waals surface area contributed by atoms with E-state index in [-0.39, 0.29) is 11.8 Å². The van der Waals surface area contributed by atoms with Crippen molar-refractivity contribution in [1.29, 1.82) is 0 Å². The largest absolute Gasteiger partial charge is 0.481 e. The summed E-state index contributed by atoms with van der Waals surface area (Å²) in [4.78, 5) is 31.1. The van der Waals surface area contributed by atoms with Crippen molar-refractivity contribution in [3.8, 4) is 0 Å². The molecule has 6 rings (SSSR count). The summed E-state index contributed by atoms with van der Waals surface area (Å²) in [6.07, 6.45) is 9.12. The first-order chi connectivity index (χ1) is 14.0. The minimum atomic E-state index is -0.746. The second-order valence-electron chi connectivity index (χ2n) is 9.43. The number of hydrogen-bond acceptors (Lipinski definition) is 5. The number of nitrogens with zero attached hydrogens (tertiary/aromatic N) is 2. The number of carboxylic acid groups (broad SMARTS) is 1. The summed E-state index contributed by atoms with van der Waals surface area (Å²) in [6.45, 7) is 1.17. The van der Waals surface area contributed by atoms with Crippen LogP contribution in [0.3, 0.4) is 0 Å². The number of rotatable bonds is 5. The molecule has 1 saturated heterocycles. The smallest absolute Gasteiger partial charge is 0.308 e. The van der Waals surface area contributed by atoms with E-state index in [0.717, 1.165) is 22.7 Å². The quantitative estimate of drug-likeness (QED) is 0.719. The Balaban J connectivity index is 1.30. The van der Waals surface area contributed by atoms with Gasteiger partial charge in [0.25, 0.3) is 5.91 Å². The maximum Gasteiger partial charge on any atom is 0.308 e. The standard InChI is InChI=1S/C22H29N3O3S/c1-29-21-17(2-3-18(23-21)25-5-4-14(11-25)22(27)28)20(26)24-19-15-7-12-6-13(9-15)10-16(19)8-12/h2-3,12-16,19H,4-11H2,1H3,(H,24,26)(H,27,28)/t12?,13?,14-,15?,16?,19?/m1/s1. The molecule has 156 valence electrons. The van der Waals surface area contributed by atoms with E-state index in [0.29, 0.717) is 43.0 Å². The predicted molar refractivity (Wildman–Crippen MR) is 112 cm³/mol. The van der Waals surface area contributed by atoms with Gasteiger partial charge in [0.2, 0.25) is 0 Å². The second-order valence-corrected chi connectivity index (χ2v) is 10.2. The number of anilines is 1. The number of aromatic nitrogens is 1. The van der Waals surface area contributed by atoms with Crippen molar-refractivity contribution in [3.05, 3.63) is 17.7 Å².